The first-order valence-corrected chi connectivity index (χ1v) is 5.12. The van der Waals surface area contributed by atoms with Gasteiger partial charge in [-0.25, -0.2) is 13.6 Å². The molecule has 0 amide bonds. The van der Waals surface area contributed by atoms with E-state index in [4.69, 9.17) is 18.2 Å². The molecule has 4 heteroatoms. The molecule has 0 radical (unpaired) electrons. The molecule has 0 aliphatic rings. The first-order chi connectivity index (χ1) is 8.11. The molecule has 2 aromatic carbocycles. The maximum absolute atomic E-state index is 13.6. The summed E-state index contributed by atoms with van der Waals surface area (Å²) in [5, 5.41) is 0.244. The zero-order valence-electron chi connectivity index (χ0n) is 8.55. The van der Waals surface area contributed by atoms with Gasteiger partial charge in [0.25, 0.3) is 0 Å². The van der Waals surface area contributed by atoms with Crippen LogP contribution in [0, 0.1) is 18.2 Å². The highest BCUT2D eigenvalue weighted by Gasteiger charge is 2.11. The second kappa shape index (κ2) is 4.52. The van der Waals surface area contributed by atoms with E-state index in [1.807, 2.05) is 0 Å². The summed E-state index contributed by atoms with van der Waals surface area (Å²) in [6.45, 7) is 6.85. The topological polar surface area (TPSA) is 4.36 Å². The van der Waals surface area contributed by atoms with Crippen molar-refractivity contribution in [1.82, 2.24) is 0 Å². The van der Waals surface area contributed by atoms with Crippen molar-refractivity contribution in [2.45, 2.75) is 0 Å². The smallest absolute Gasteiger partial charge is 0.188 e. The Balaban J connectivity index is 2.64. The van der Waals surface area contributed by atoms with Crippen molar-refractivity contribution in [3.8, 4) is 11.1 Å². The van der Waals surface area contributed by atoms with Crippen LogP contribution in [-0.4, -0.2) is 0 Å². The molecule has 0 atom stereocenters. The van der Waals surface area contributed by atoms with Crippen LogP contribution < -0.4 is 0 Å². The largest absolute Gasteiger partial charge is 0.238 e. The molecule has 84 valence electrons. The van der Waals surface area contributed by atoms with Gasteiger partial charge in [0.05, 0.1) is 6.57 Å². The minimum Gasteiger partial charge on any atom is -0.238 e. The van der Waals surface area contributed by atoms with Crippen molar-refractivity contribution < 1.29 is 8.78 Å². The van der Waals surface area contributed by atoms with Gasteiger partial charge in [-0.2, -0.15) is 0 Å². The van der Waals surface area contributed by atoms with E-state index in [2.05, 4.69) is 4.85 Å². The van der Waals surface area contributed by atoms with Gasteiger partial charge in [-0.3, -0.25) is 0 Å². The summed E-state index contributed by atoms with van der Waals surface area (Å²) in [5.41, 5.74) is 0.417. The molecular formula is C13H6ClF2N. The summed E-state index contributed by atoms with van der Waals surface area (Å²) in [6.07, 6.45) is 0. The molecule has 2 aromatic rings. The lowest BCUT2D eigenvalue weighted by molar-refractivity contribution is 0.616. The highest BCUT2D eigenvalue weighted by molar-refractivity contribution is 6.30. The molecule has 0 fully saturated rings. The maximum Gasteiger partial charge on any atom is 0.188 e. The maximum atomic E-state index is 13.6. The van der Waals surface area contributed by atoms with Crippen molar-refractivity contribution >= 4 is 17.3 Å². The van der Waals surface area contributed by atoms with E-state index in [0.717, 1.165) is 12.1 Å². The third kappa shape index (κ3) is 2.27. The van der Waals surface area contributed by atoms with Gasteiger partial charge in [0.1, 0.15) is 11.6 Å². The minimum absolute atomic E-state index is 0.0627. The van der Waals surface area contributed by atoms with Crippen LogP contribution in [-0.2, 0) is 0 Å². The third-order valence-corrected chi connectivity index (χ3v) is 2.54. The lowest BCUT2D eigenvalue weighted by Crippen LogP contribution is -1.88. The van der Waals surface area contributed by atoms with Gasteiger partial charge >= 0.3 is 0 Å². The number of nitrogens with zero attached hydrogens (tertiary/aromatic N) is 1. The average molecular weight is 250 g/mol. The van der Waals surface area contributed by atoms with Crippen LogP contribution in [0.25, 0.3) is 16.0 Å². The van der Waals surface area contributed by atoms with E-state index in [9.17, 15) is 8.78 Å². The molecule has 0 N–H and O–H groups in total. The molecular weight excluding hydrogens is 244 g/mol. The lowest BCUT2D eigenvalue weighted by Gasteiger charge is -2.06. The van der Waals surface area contributed by atoms with Gasteiger partial charge in [-0.1, -0.05) is 17.7 Å². The second-order valence-electron chi connectivity index (χ2n) is 3.40. The number of benzene rings is 2. The standard InChI is InChI=1S/C13H6ClF2N/c1-17-9-3-5-12(15)11(7-9)10-4-2-8(14)6-13(10)16/h2-7H. The van der Waals surface area contributed by atoms with Crippen LogP contribution in [0.4, 0.5) is 14.5 Å². The van der Waals surface area contributed by atoms with Gasteiger partial charge in [-0.15, -0.1) is 0 Å². The Bertz CT molecular complexity index is 617. The van der Waals surface area contributed by atoms with Crippen LogP contribution in [0.2, 0.25) is 5.02 Å². The van der Waals surface area contributed by atoms with Crippen molar-refractivity contribution in [3.05, 3.63) is 64.5 Å². The van der Waals surface area contributed by atoms with Crippen molar-refractivity contribution in [2.24, 2.45) is 0 Å². The third-order valence-electron chi connectivity index (χ3n) is 2.30. The Morgan fingerprint density at radius 2 is 1.71 bits per heavy atom. The van der Waals surface area contributed by atoms with E-state index in [0.29, 0.717) is 0 Å². The first-order valence-electron chi connectivity index (χ1n) is 4.74. The normalized spacial score (nSPS) is 10.0. The highest BCUT2D eigenvalue weighted by Crippen LogP contribution is 2.30. The Morgan fingerprint density at radius 1 is 0.941 bits per heavy atom. The van der Waals surface area contributed by atoms with Crippen molar-refractivity contribution in [1.29, 1.82) is 0 Å². The first kappa shape index (κ1) is 11.6. The van der Waals surface area contributed by atoms with E-state index in [-0.39, 0.29) is 21.8 Å². The SMILES string of the molecule is [C-]#[N+]c1ccc(F)c(-c2ccc(Cl)cc2F)c1. The van der Waals surface area contributed by atoms with Gasteiger partial charge in [0, 0.05) is 16.1 Å². The summed E-state index contributed by atoms with van der Waals surface area (Å²) < 4.78 is 27.2. The van der Waals surface area contributed by atoms with E-state index >= 15 is 0 Å². The van der Waals surface area contributed by atoms with Crippen molar-refractivity contribution in [2.75, 3.05) is 0 Å². The molecule has 0 spiro atoms. The lowest BCUT2D eigenvalue weighted by atomic mass is 10.0. The number of hydrogen-bond donors (Lipinski definition) is 0. The molecule has 0 aromatic heterocycles. The van der Waals surface area contributed by atoms with Crippen molar-refractivity contribution in [3.63, 3.8) is 0 Å². The predicted octanol–water partition coefficient (Wildman–Crippen LogP) is 4.84. The van der Waals surface area contributed by atoms with Crippen LogP contribution >= 0.6 is 11.6 Å². The van der Waals surface area contributed by atoms with E-state index in [1.165, 1.54) is 24.3 Å². The zero-order valence-corrected chi connectivity index (χ0v) is 9.30. The molecule has 0 aliphatic heterocycles. The van der Waals surface area contributed by atoms with Gasteiger partial charge in [0.2, 0.25) is 0 Å². The highest BCUT2D eigenvalue weighted by atomic mass is 35.5. The van der Waals surface area contributed by atoms with E-state index < -0.39 is 11.6 Å². The Labute approximate surface area is 102 Å². The summed E-state index contributed by atoms with van der Waals surface area (Å²) >= 11 is 5.62. The second-order valence-corrected chi connectivity index (χ2v) is 3.84. The van der Waals surface area contributed by atoms with Crippen LogP contribution in [0.5, 0.6) is 0 Å². The summed E-state index contributed by atoms with van der Waals surface area (Å²) in [5.74, 6) is -1.18. The fourth-order valence-corrected chi connectivity index (χ4v) is 1.66. The molecule has 0 heterocycles. The van der Waals surface area contributed by atoms with Gasteiger partial charge < -0.3 is 0 Å². The Kier molecular flexibility index (Phi) is 3.08. The molecule has 2 rings (SSSR count). The fourth-order valence-electron chi connectivity index (χ4n) is 1.50. The molecule has 0 saturated heterocycles. The molecule has 0 unspecified atom stereocenters. The molecule has 0 aliphatic carbocycles. The zero-order chi connectivity index (χ0) is 12.4. The number of halogens is 3. The molecule has 0 bridgehead atoms. The molecule has 0 saturated carbocycles. The summed E-state index contributed by atoms with van der Waals surface area (Å²) in [7, 11) is 0. The van der Waals surface area contributed by atoms with Crippen LogP contribution in [0.3, 0.4) is 0 Å². The summed E-state index contributed by atoms with van der Waals surface area (Å²) in [4.78, 5) is 3.18. The molecule has 17 heavy (non-hydrogen) atoms. The van der Waals surface area contributed by atoms with Gasteiger partial charge in [0.15, 0.2) is 5.69 Å². The fraction of sp³-hybridized carbons (Fsp3) is 0. The summed E-state index contributed by atoms with van der Waals surface area (Å²) in [6, 6.07) is 7.79. The van der Waals surface area contributed by atoms with E-state index in [1.54, 1.807) is 0 Å². The van der Waals surface area contributed by atoms with Crippen LogP contribution in [0.1, 0.15) is 0 Å². The monoisotopic (exact) mass is 249 g/mol. The van der Waals surface area contributed by atoms with Gasteiger partial charge in [-0.05, 0) is 30.3 Å². The minimum atomic E-state index is -0.612. The van der Waals surface area contributed by atoms with Crippen LogP contribution in [0.15, 0.2) is 36.4 Å². The Morgan fingerprint density at radius 3 is 2.35 bits per heavy atom. The quantitative estimate of drug-likeness (QED) is 0.637. The Hall–Kier alpha value is -1.92. The number of hydrogen-bond acceptors (Lipinski definition) is 0. The average Bonchev–Trinajstić information content (AvgIpc) is 2.30. The predicted molar refractivity (Wildman–Crippen MR) is 63.1 cm³/mol. The molecule has 1 nitrogen and oxygen atoms in total. The number of rotatable bonds is 1.